The maximum Gasteiger partial charge on any atom is 0.226 e. The van der Waals surface area contributed by atoms with Gasteiger partial charge in [-0.1, -0.05) is 23.7 Å². The topological polar surface area (TPSA) is 51.2 Å². The van der Waals surface area contributed by atoms with E-state index in [2.05, 4.69) is 10.3 Å². The number of rotatable bonds is 4. The third-order valence-corrected chi connectivity index (χ3v) is 5.54. The fourth-order valence-electron chi connectivity index (χ4n) is 2.96. The third kappa shape index (κ3) is 3.97. The smallest absolute Gasteiger partial charge is 0.226 e. The van der Waals surface area contributed by atoms with Crippen LogP contribution in [-0.4, -0.2) is 23.6 Å². The second-order valence-corrected chi connectivity index (χ2v) is 7.79. The Hall–Kier alpha value is -1.43. The molecule has 1 saturated heterocycles. The summed E-state index contributed by atoms with van der Waals surface area (Å²) >= 11 is 7.55. The van der Waals surface area contributed by atoms with Crippen molar-refractivity contribution in [2.24, 2.45) is 5.92 Å². The van der Waals surface area contributed by atoms with Crippen molar-refractivity contribution in [3.8, 4) is 11.3 Å². The molecule has 1 amide bonds. The van der Waals surface area contributed by atoms with Gasteiger partial charge in [-0.3, -0.25) is 4.79 Å². The molecule has 1 N–H and O–H groups in total. The Bertz CT molecular complexity index is 714. The van der Waals surface area contributed by atoms with Gasteiger partial charge < -0.3 is 10.1 Å². The van der Waals surface area contributed by atoms with Gasteiger partial charge in [-0.15, -0.1) is 11.3 Å². The summed E-state index contributed by atoms with van der Waals surface area (Å²) < 4.78 is 5.57. The lowest BCUT2D eigenvalue weighted by molar-refractivity contribution is -0.133. The second-order valence-electron chi connectivity index (χ2n) is 6.06. The van der Waals surface area contributed by atoms with Crippen LogP contribution in [0.1, 0.15) is 29.7 Å². The minimum atomic E-state index is -0.0597. The van der Waals surface area contributed by atoms with Gasteiger partial charge in [0.1, 0.15) is 5.01 Å². The lowest BCUT2D eigenvalue weighted by atomic mass is 9.94. The number of nitrogens with zero attached hydrogens (tertiary/aromatic N) is 1. The summed E-state index contributed by atoms with van der Waals surface area (Å²) in [6.07, 6.45) is 1.82. The monoisotopic (exact) mass is 364 g/mol. The lowest BCUT2D eigenvalue weighted by Gasteiger charge is -2.27. The Morgan fingerprint density at radius 2 is 2.17 bits per heavy atom. The van der Waals surface area contributed by atoms with Crippen LogP contribution in [0, 0.1) is 12.8 Å². The first kappa shape index (κ1) is 17.4. The van der Waals surface area contributed by atoms with Crippen molar-refractivity contribution in [1.29, 1.82) is 0 Å². The average molecular weight is 365 g/mol. The van der Waals surface area contributed by atoms with E-state index in [4.69, 9.17) is 16.3 Å². The van der Waals surface area contributed by atoms with Crippen molar-refractivity contribution in [3.63, 3.8) is 0 Å². The molecule has 0 radical (unpaired) electrons. The van der Waals surface area contributed by atoms with E-state index in [0.717, 1.165) is 40.6 Å². The van der Waals surface area contributed by atoms with Crippen molar-refractivity contribution in [3.05, 3.63) is 39.2 Å². The molecule has 24 heavy (non-hydrogen) atoms. The minimum Gasteiger partial charge on any atom is -0.378 e. The molecule has 4 nitrogen and oxygen atoms in total. The SMILES string of the molecule is Cc1sc(CNC(=O)C2CCCOC2C)nc1-c1ccc(Cl)cc1. The Morgan fingerprint density at radius 3 is 2.88 bits per heavy atom. The van der Waals surface area contributed by atoms with E-state index in [1.54, 1.807) is 11.3 Å². The highest BCUT2D eigenvalue weighted by Gasteiger charge is 2.28. The van der Waals surface area contributed by atoms with Gasteiger partial charge in [-0.05, 0) is 38.8 Å². The van der Waals surface area contributed by atoms with Crippen LogP contribution in [0.5, 0.6) is 0 Å². The number of nitrogens with one attached hydrogen (secondary N) is 1. The minimum absolute atomic E-state index is 0.0126. The van der Waals surface area contributed by atoms with E-state index in [1.165, 1.54) is 0 Å². The predicted molar refractivity (Wildman–Crippen MR) is 97.3 cm³/mol. The molecular weight excluding hydrogens is 344 g/mol. The van der Waals surface area contributed by atoms with Gasteiger partial charge in [0.05, 0.1) is 24.3 Å². The zero-order chi connectivity index (χ0) is 17.1. The predicted octanol–water partition coefficient (Wildman–Crippen LogP) is 4.20. The first-order chi connectivity index (χ1) is 11.5. The van der Waals surface area contributed by atoms with Gasteiger partial charge in [0.2, 0.25) is 5.91 Å². The molecule has 0 bridgehead atoms. The van der Waals surface area contributed by atoms with Gasteiger partial charge in [-0.25, -0.2) is 4.98 Å². The van der Waals surface area contributed by atoms with Crippen LogP contribution in [-0.2, 0) is 16.1 Å². The van der Waals surface area contributed by atoms with E-state index >= 15 is 0 Å². The molecule has 128 valence electrons. The fraction of sp³-hybridized carbons (Fsp3) is 0.444. The Morgan fingerprint density at radius 1 is 1.42 bits per heavy atom. The van der Waals surface area contributed by atoms with Crippen molar-refractivity contribution in [2.45, 2.75) is 39.3 Å². The Labute approximate surface area is 151 Å². The number of aryl methyl sites for hydroxylation is 1. The van der Waals surface area contributed by atoms with E-state index < -0.39 is 0 Å². The number of carbonyl (C=O) groups is 1. The van der Waals surface area contributed by atoms with Crippen LogP contribution in [0.15, 0.2) is 24.3 Å². The van der Waals surface area contributed by atoms with Crippen LogP contribution in [0.25, 0.3) is 11.3 Å². The van der Waals surface area contributed by atoms with Crippen LogP contribution in [0.2, 0.25) is 5.02 Å². The summed E-state index contributed by atoms with van der Waals surface area (Å²) in [5.74, 6) is -0.00126. The summed E-state index contributed by atoms with van der Waals surface area (Å²) in [6, 6.07) is 7.66. The van der Waals surface area contributed by atoms with Gasteiger partial charge in [0.15, 0.2) is 0 Å². The zero-order valence-electron chi connectivity index (χ0n) is 13.8. The maximum atomic E-state index is 12.4. The number of carbonyl (C=O) groups excluding carboxylic acids is 1. The molecule has 6 heteroatoms. The highest BCUT2D eigenvalue weighted by molar-refractivity contribution is 7.12. The molecule has 0 aliphatic carbocycles. The largest absolute Gasteiger partial charge is 0.378 e. The van der Waals surface area contributed by atoms with E-state index in [1.807, 2.05) is 38.1 Å². The first-order valence-electron chi connectivity index (χ1n) is 8.16. The van der Waals surface area contributed by atoms with Crippen molar-refractivity contribution < 1.29 is 9.53 Å². The summed E-state index contributed by atoms with van der Waals surface area (Å²) in [4.78, 5) is 18.2. The van der Waals surface area contributed by atoms with Gasteiger partial charge >= 0.3 is 0 Å². The summed E-state index contributed by atoms with van der Waals surface area (Å²) in [6.45, 7) is 5.22. The number of aromatic nitrogens is 1. The molecule has 1 aliphatic heterocycles. The molecule has 1 fully saturated rings. The number of halogens is 1. The average Bonchev–Trinajstić information content (AvgIpc) is 2.95. The summed E-state index contributed by atoms with van der Waals surface area (Å²) in [7, 11) is 0. The molecule has 2 unspecified atom stereocenters. The zero-order valence-corrected chi connectivity index (χ0v) is 15.4. The maximum absolute atomic E-state index is 12.4. The normalized spacial score (nSPS) is 20.8. The van der Waals surface area contributed by atoms with Gasteiger partial charge in [0.25, 0.3) is 0 Å². The van der Waals surface area contributed by atoms with Crippen LogP contribution in [0.4, 0.5) is 0 Å². The van der Waals surface area contributed by atoms with E-state index in [9.17, 15) is 4.79 Å². The number of hydrogen-bond acceptors (Lipinski definition) is 4. The van der Waals surface area contributed by atoms with Crippen LogP contribution >= 0.6 is 22.9 Å². The standard InChI is InChI=1S/C18H21ClN2O2S/c1-11-15(4-3-9-23-11)18(22)20-10-16-21-17(12(2)24-16)13-5-7-14(19)8-6-13/h5-8,11,15H,3-4,9-10H2,1-2H3,(H,20,22). The van der Waals surface area contributed by atoms with Crippen molar-refractivity contribution in [1.82, 2.24) is 10.3 Å². The molecule has 1 aromatic heterocycles. The first-order valence-corrected chi connectivity index (χ1v) is 9.35. The van der Waals surface area contributed by atoms with Gasteiger partial charge in [-0.2, -0.15) is 0 Å². The van der Waals surface area contributed by atoms with Crippen LogP contribution in [0.3, 0.4) is 0 Å². The highest BCUT2D eigenvalue weighted by atomic mass is 35.5. The number of amides is 1. The molecule has 2 heterocycles. The molecule has 0 saturated carbocycles. The lowest BCUT2D eigenvalue weighted by Crippen LogP contribution is -2.39. The van der Waals surface area contributed by atoms with Crippen molar-refractivity contribution in [2.75, 3.05) is 6.61 Å². The summed E-state index contributed by atoms with van der Waals surface area (Å²) in [5.41, 5.74) is 2.00. The molecule has 3 rings (SSSR count). The van der Waals surface area contributed by atoms with Crippen LogP contribution < -0.4 is 5.32 Å². The number of ether oxygens (including phenoxy) is 1. The van der Waals surface area contributed by atoms with Crippen molar-refractivity contribution >= 4 is 28.8 Å². The molecular formula is C18H21ClN2O2S. The van der Waals surface area contributed by atoms with E-state index in [0.29, 0.717) is 11.6 Å². The Balaban J connectivity index is 1.65. The molecule has 2 atom stereocenters. The Kier molecular flexibility index (Phi) is 5.54. The quantitative estimate of drug-likeness (QED) is 0.884. The molecule has 2 aromatic rings. The second kappa shape index (κ2) is 7.64. The highest BCUT2D eigenvalue weighted by Crippen LogP contribution is 2.28. The van der Waals surface area contributed by atoms with E-state index in [-0.39, 0.29) is 17.9 Å². The molecule has 1 aromatic carbocycles. The number of thiazole rings is 1. The molecule has 1 aliphatic rings. The number of benzene rings is 1. The summed E-state index contributed by atoms with van der Waals surface area (Å²) in [5, 5.41) is 4.63. The fourth-order valence-corrected chi connectivity index (χ4v) is 3.98. The number of hydrogen-bond donors (Lipinski definition) is 1. The third-order valence-electron chi connectivity index (χ3n) is 4.32. The molecule has 0 spiro atoms. The van der Waals surface area contributed by atoms with Gasteiger partial charge in [0, 0.05) is 22.1 Å².